The Hall–Kier alpha value is -2.16. The van der Waals surface area contributed by atoms with Crippen molar-refractivity contribution in [3.63, 3.8) is 0 Å². The van der Waals surface area contributed by atoms with Crippen LogP contribution in [0.1, 0.15) is 38.6 Å². The van der Waals surface area contributed by atoms with Crippen LogP contribution in [0.3, 0.4) is 0 Å². The van der Waals surface area contributed by atoms with E-state index in [1.54, 1.807) is 9.58 Å². The molecular weight excluding hydrogens is 430 g/mol. The smallest absolute Gasteiger partial charge is 0.266 e. The number of hydrogen-bond acceptors (Lipinski definition) is 5. The first-order chi connectivity index (χ1) is 13.1. The Balaban J connectivity index is 1.84. The number of anilines is 1. The van der Waals surface area contributed by atoms with Crippen molar-refractivity contribution >= 4 is 32.9 Å². The Morgan fingerprint density at radius 2 is 1.93 bits per heavy atom. The summed E-state index contributed by atoms with van der Waals surface area (Å²) in [5.41, 5.74) is 1.70. The number of nitrogens with zero attached hydrogens (tertiary/aromatic N) is 6. The van der Waals surface area contributed by atoms with Gasteiger partial charge < -0.3 is 4.90 Å². The number of aromatic nitrogens is 5. The molecule has 148 valence electrons. The van der Waals surface area contributed by atoms with Crippen molar-refractivity contribution in [3.05, 3.63) is 40.1 Å². The number of benzene rings is 1. The summed E-state index contributed by atoms with van der Waals surface area (Å²) < 4.78 is 30.3. The maximum atomic E-state index is 13.8. The van der Waals surface area contributed by atoms with Gasteiger partial charge in [0.15, 0.2) is 17.0 Å². The Bertz CT molecular complexity index is 1030. The van der Waals surface area contributed by atoms with Crippen molar-refractivity contribution in [3.8, 4) is 0 Å². The van der Waals surface area contributed by atoms with E-state index in [-0.39, 0.29) is 24.9 Å². The SMILES string of the molecule is CC(C)(C)c1nc(N2CCC(F)(F)C2)c2nnn(Cc3ccccc3Br)c2n1. The fraction of sp³-hybridized carbons (Fsp3) is 0.474. The van der Waals surface area contributed by atoms with Gasteiger partial charge in [0.2, 0.25) is 0 Å². The summed E-state index contributed by atoms with van der Waals surface area (Å²) in [5, 5.41) is 8.50. The van der Waals surface area contributed by atoms with Crippen LogP contribution in [0.5, 0.6) is 0 Å². The summed E-state index contributed by atoms with van der Waals surface area (Å²) in [6.07, 6.45) is -0.186. The van der Waals surface area contributed by atoms with E-state index in [1.807, 2.05) is 45.0 Å². The molecule has 1 saturated heterocycles. The fourth-order valence-electron chi connectivity index (χ4n) is 3.21. The second-order valence-electron chi connectivity index (χ2n) is 8.16. The van der Waals surface area contributed by atoms with E-state index >= 15 is 0 Å². The van der Waals surface area contributed by atoms with Gasteiger partial charge in [-0.2, -0.15) is 0 Å². The number of rotatable bonds is 3. The lowest BCUT2D eigenvalue weighted by molar-refractivity contribution is 0.0257. The maximum absolute atomic E-state index is 13.8. The standard InChI is InChI=1S/C19H21BrF2N6/c1-18(2,3)17-23-15(27-9-8-19(21,22)11-27)14-16(24-17)28(26-25-14)10-12-6-4-5-7-13(12)20/h4-7H,8-11H2,1-3H3. The quantitative estimate of drug-likeness (QED) is 0.598. The fourth-order valence-corrected chi connectivity index (χ4v) is 3.62. The predicted molar refractivity (Wildman–Crippen MR) is 107 cm³/mol. The first-order valence-electron chi connectivity index (χ1n) is 9.12. The third kappa shape index (κ3) is 3.59. The van der Waals surface area contributed by atoms with Gasteiger partial charge in [0.05, 0.1) is 13.1 Å². The normalized spacial score (nSPS) is 16.9. The third-order valence-corrected chi connectivity index (χ3v) is 5.54. The second-order valence-corrected chi connectivity index (χ2v) is 9.01. The van der Waals surface area contributed by atoms with Gasteiger partial charge in [-0.05, 0) is 11.6 Å². The lowest BCUT2D eigenvalue weighted by Crippen LogP contribution is -2.27. The first kappa shape index (κ1) is 19.2. The molecule has 0 aliphatic carbocycles. The molecule has 6 nitrogen and oxygen atoms in total. The van der Waals surface area contributed by atoms with Gasteiger partial charge in [-0.15, -0.1) is 5.10 Å². The van der Waals surface area contributed by atoms with Gasteiger partial charge in [-0.25, -0.2) is 23.4 Å². The zero-order valence-electron chi connectivity index (χ0n) is 16.0. The molecule has 0 unspecified atom stereocenters. The van der Waals surface area contributed by atoms with Gasteiger partial charge in [0, 0.05) is 22.9 Å². The van der Waals surface area contributed by atoms with Crippen molar-refractivity contribution in [2.24, 2.45) is 0 Å². The Labute approximate surface area is 170 Å². The van der Waals surface area contributed by atoms with Gasteiger partial charge >= 0.3 is 0 Å². The number of alkyl halides is 2. The average molecular weight is 451 g/mol. The Kier molecular flexibility index (Phi) is 4.60. The van der Waals surface area contributed by atoms with E-state index in [1.165, 1.54) is 0 Å². The zero-order valence-corrected chi connectivity index (χ0v) is 17.5. The molecule has 0 atom stereocenters. The molecule has 1 aliphatic heterocycles. The third-order valence-electron chi connectivity index (χ3n) is 4.76. The van der Waals surface area contributed by atoms with Gasteiger partial charge in [0.1, 0.15) is 5.82 Å². The first-order valence-corrected chi connectivity index (χ1v) is 9.91. The number of fused-ring (bicyclic) bond motifs is 1. The highest BCUT2D eigenvalue weighted by Gasteiger charge is 2.40. The summed E-state index contributed by atoms with van der Waals surface area (Å²) in [7, 11) is 0. The van der Waals surface area contributed by atoms with E-state index in [0.717, 1.165) is 10.0 Å². The summed E-state index contributed by atoms with van der Waals surface area (Å²) >= 11 is 3.55. The van der Waals surface area contributed by atoms with Crippen molar-refractivity contribution in [2.45, 2.75) is 45.1 Å². The maximum Gasteiger partial charge on any atom is 0.266 e. The molecule has 0 radical (unpaired) electrons. The van der Waals surface area contributed by atoms with E-state index in [2.05, 4.69) is 31.2 Å². The van der Waals surface area contributed by atoms with Crippen LogP contribution in [0.2, 0.25) is 0 Å². The highest BCUT2D eigenvalue weighted by molar-refractivity contribution is 9.10. The molecule has 1 aliphatic rings. The summed E-state index contributed by atoms with van der Waals surface area (Å²) in [6.45, 7) is 6.34. The largest absolute Gasteiger partial charge is 0.348 e. The minimum absolute atomic E-state index is 0.186. The van der Waals surface area contributed by atoms with Crippen molar-refractivity contribution in [2.75, 3.05) is 18.0 Å². The summed E-state index contributed by atoms with van der Waals surface area (Å²) in [4.78, 5) is 10.9. The van der Waals surface area contributed by atoms with Crippen LogP contribution in [0, 0.1) is 0 Å². The molecule has 0 N–H and O–H groups in total. The van der Waals surface area contributed by atoms with Crippen molar-refractivity contribution in [1.29, 1.82) is 0 Å². The average Bonchev–Trinajstić information content (AvgIpc) is 3.18. The molecule has 0 spiro atoms. The van der Waals surface area contributed by atoms with Crippen LogP contribution >= 0.6 is 15.9 Å². The molecule has 1 aromatic carbocycles. The van der Waals surface area contributed by atoms with Gasteiger partial charge in [-0.3, -0.25) is 0 Å². The predicted octanol–water partition coefficient (Wildman–Crippen LogP) is 4.18. The molecule has 3 aromatic rings. The van der Waals surface area contributed by atoms with E-state index < -0.39 is 5.92 Å². The molecule has 9 heteroatoms. The minimum atomic E-state index is -2.72. The molecular formula is C19H21BrF2N6. The van der Waals surface area contributed by atoms with Crippen molar-refractivity contribution in [1.82, 2.24) is 25.0 Å². The molecule has 0 saturated carbocycles. The minimum Gasteiger partial charge on any atom is -0.348 e. The lowest BCUT2D eigenvalue weighted by Gasteiger charge is -2.22. The molecule has 4 rings (SSSR count). The van der Waals surface area contributed by atoms with Crippen LogP contribution in [0.25, 0.3) is 11.2 Å². The van der Waals surface area contributed by atoms with Crippen LogP contribution in [-0.4, -0.2) is 44.0 Å². The monoisotopic (exact) mass is 450 g/mol. The van der Waals surface area contributed by atoms with Crippen molar-refractivity contribution < 1.29 is 8.78 Å². The van der Waals surface area contributed by atoms with E-state index in [9.17, 15) is 8.78 Å². The highest BCUT2D eigenvalue weighted by atomic mass is 79.9. The van der Waals surface area contributed by atoms with Gasteiger partial charge in [0.25, 0.3) is 5.92 Å². The Morgan fingerprint density at radius 3 is 2.57 bits per heavy atom. The molecule has 28 heavy (non-hydrogen) atoms. The lowest BCUT2D eigenvalue weighted by atomic mass is 9.96. The topological polar surface area (TPSA) is 59.7 Å². The molecule has 2 aromatic heterocycles. The molecule has 0 bridgehead atoms. The Morgan fingerprint density at radius 1 is 1.18 bits per heavy atom. The zero-order chi connectivity index (χ0) is 20.1. The highest BCUT2D eigenvalue weighted by Crippen LogP contribution is 2.34. The van der Waals surface area contributed by atoms with Crippen LogP contribution in [-0.2, 0) is 12.0 Å². The molecule has 1 fully saturated rings. The molecule has 0 amide bonds. The number of halogens is 3. The van der Waals surface area contributed by atoms with Crippen LogP contribution < -0.4 is 4.90 Å². The molecule has 3 heterocycles. The second kappa shape index (κ2) is 6.72. The number of hydrogen-bond donors (Lipinski definition) is 0. The van der Waals surface area contributed by atoms with Crippen LogP contribution in [0.15, 0.2) is 28.7 Å². The summed E-state index contributed by atoms with van der Waals surface area (Å²) in [5.74, 6) is -1.70. The van der Waals surface area contributed by atoms with Crippen LogP contribution in [0.4, 0.5) is 14.6 Å². The van der Waals surface area contributed by atoms with E-state index in [0.29, 0.717) is 29.4 Å². The van der Waals surface area contributed by atoms with Gasteiger partial charge in [-0.1, -0.05) is 60.1 Å². The van der Waals surface area contributed by atoms with E-state index in [4.69, 9.17) is 4.98 Å². The summed E-state index contributed by atoms with van der Waals surface area (Å²) in [6, 6.07) is 7.85.